The molecule has 0 fully saturated rings. The number of amides is 2. The lowest BCUT2D eigenvalue weighted by Crippen LogP contribution is -2.51. The van der Waals surface area contributed by atoms with Crippen LogP contribution in [0.15, 0.2) is 47.7 Å². The van der Waals surface area contributed by atoms with Crippen LogP contribution in [-0.4, -0.2) is 39.1 Å². The van der Waals surface area contributed by atoms with Crippen LogP contribution in [0.1, 0.15) is 35.9 Å². The molecule has 1 aliphatic heterocycles. The van der Waals surface area contributed by atoms with E-state index in [0.29, 0.717) is 16.4 Å². The molecule has 0 bridgehead atoms. The van der Waals surface area contributed by atoms with E-state index >= 15 is 0 Å². The maximum absolute atomic E-state index is 14.7. The molecule has 10 heteroatoms. The molecule has 0 saturated carbocycles. The summed E-state index contributed by atoms with van der Waals surface area (Å²) >= 11 is 5.96. The summed E-state index contributed by atoms with van der Waals surface area (Å²) in [6, 6.07) is 6.64. The van der Waals surface area contributed by atoms with Crippen LogP contribution in [-0.2, 0) is 4.79 Å². The van der Waals surface area contributed by atoms with Crippen LogP contribution in [0.4, 0.5) is 10.1 Å². The highest BCUT2D eigenvalue weighted by Crippen LogP contribution is 2.42. The Labute approximate surface area is 182 Å². The summed E-state index contributed by atoms with van der Waals surface area (Å²) in [7, 11) is 1.52. The lowest BCUT2D eigenvalue weighted by atomic mass is 9.78. The summed E-state index contributed by atoms with van der Waals surface area (Å²) in [5.74, 6) is -1.29. The van der Waals surface area contributed by atoms with Gasteiger partial charge in [-0.05, 0) is 44.2 Å². The van der Waals surface area contributed by atoms with Crippen molar-refractivity contribution in [2.24, 2.45) is 16.1 Å². The maximum atomic E-state index is 14.7. The molecule has 3 heterocycles. The van der Waals surface area contributed by atoms with Crippen LogP contribution in [0.25, 0.3) is 5.65 Å². The number of benzene rings is 1. The molecule has 0 radical (unpaired) electrons. The minimum atomic E-state index is -1.03. The quantitative estimate of drug-likeness (QED) is 0.649. The fourth-order valence-electron chi connectivity index (χ4n) is 3.59. The number of hydrogen-bond acceptors (Lipinski definition) is 5. The highest BCUT2D eigenvalue weighted by molar-refractivity contribution is 6.30. The average Bonchev–Trinajstić information content (AvgIpc) is 3.14. The Morgan fingerprint density at radius 2 is 2.00 bits per heavy atom. The van der Waals surface area contributed by atoms with E-state index in [2.05, 4.69) is 15.3 Å². The smallest absolute Gasteiger partial charge is 0.275 e. The largest absolute Gasteiger partial charge is 0.369 e. The number of nitrogens with one attached hydrogen (secondary N) is 1. The topological polar surface area (TPSA) is 105 Å². The molecule has 8 nitrogen and oxygen atoms in total. The Bertz CT molecular complexity index is 1250. The Kier molecular flexibility index (Phi) is 4.93. The number of hydrogen-bond donors (Lipinski definition) is 2. The number of aliphatic imine (C=N–C) groups is 1. The number of anilines is 1. The predicted octanol–water partition coefficient (Wildman–Crippen LogP) is 3.23. The van der Waals surface area contributed by atoms with Gasteiger partial charge in [0, 0.05) is 30.7 Å². The van der Waals surface area contributed by atoms with Crippen LogP contribution in [0.5, 0.6) is 0 Å². The molecular formula is C21H20ClFN6O2. The number of carbonyl (C=O) groups is 2. The fourth-order valence-corrected chi connectivity index (χ4v) is 3.76. The second-order valence-electron chi connectivity index (χ2n) is 7.91. The van der Waals surface area contributed by atoms with Gasteiger partial charge in [-0.2, -0.15) is 0 Å². The summed E-state index contributed by atoms with van der Waals surface area (Å²) in [5.41, 5.74) is 6.06. The lowest BCUT2D eigenvalue weighted by Gasteiger charge is -2.38. The van der Waals surface area contributed by atoms with E-state index in [9.17, 15) is 14.0 Å². The zero-order valence-electron chi connectivity index (χ0n) is 17.1. The second-order valence-corrected chi connectivity index (χ2v) is 8.34. The standard InChI is InChI=1S/C21H20ClFN6O2/c1-21(2)17(27-20(24)28(3)19(21)31)13-8-12(5-6-14(13)23)25-18(30)15-10-29-9-11(22)4-7-16(29)26-15/h4-10,17H,1-3H3,(H2,24,27)(H,25,30). The monoisotopic (exact) mass is 442 g/mol. The lowest BCUT2D eigenvalue weighted by molar-refractivity contribution is -0.137. The Balaban J connectivity index is 1.66. The van der Waals surface area contributed by atoms with Crippen molar-refractivity contribution in [2.45, 2.75) is 19.9 Å². The van der Waals surface area contributed by atoms with E-state index in [1.165, 1.54) is 30.1 Å². The van der Waals surface area contributed by atoms with Gasteiger partial charge in [0.25, 0.3) is 5.91 Å². The predicted molar refractivity (Wildman–Crippen MR) is 115 cm³/mol. The first-order valence-electron chi connectivity index (χ1n) is 9.44. The molecule has 2 amide bonds. The number of guanidine groups is 1. The zero-order valence-corrected chi connectivity index (χ0v) is 17.8. The summed E-state index contributed by atoms with van der Waals surface area (Å²) < 4.78 is 16.3. The van der Waals surface area contributed by atoms with Gasteiger partial charge in [0.2, 0.25) is 5.91 Å². The average molecular weight is 443 g/mol. The van der Waals surface area contributed by atoms with E-state index in [4.69, 9.17) is 17.3 Å². The van der Waals surface area contributed by atoms with Crippen LogP contribution in [0.3, 0.4) is 0 Å². The van der Waals surface area contributed by atoms with Gasteiger partial charge in [-0.3, -0.25) is 14.5 Å². The van der Waals surface area contributed by atoms with E-state index in [1.807, 2.05) is 0 Å². The summed E-state index contributed by atoms with van der Waals surface area (Å²) in [6.45, 7) is 3.36. The number of fused-ring (bicyclic) bond motifs is 1. The van der Waals surface area contributed by atoms with Gasteiger partial charge in [-0.15, -0.1) is 0 Å². The van der Waals surface area contributed by atoms with Crippen LogP contribution < -0.4 is 11.1 Å². The third-order valence-electron chi connectivity index (χ3n) is 5.34. The summed E-state index contributed by atoms with van der Waals surface area (Å²) in [6.07, 6.45) is 3.18. The Morgan fingerprint density at radius 1 is 1.26 bits per heavy atom. The van der Waals surface area contributed by atoms with Crippen molar-refractivity contribution in [3.8, 4) is 0 Å². The number of nitrogens with zero attached hydrogens (tertiary/aromatic N) is 4. The zero-order chi connectivity index (χ0) is 22.5. The van der Waals surface area contributed by atoms with Crippen molar-refractivity contribution in [2.75, 3.05) is 12.4 Å². The number of carbonyl (C=O) groups excluding carboxylic acids is 2. The van der Waals surface area contributed by atoms with E-state index in [1.54, 1.807) is 42.8 Å². The molecule has 2 aromatic heterocycles. The molecule has 31 heavy (non-hydrogen) atoms. The first-order chi connectivity index (χ1) is 14.6. The highest BCUT2D eigenvalue weighted by atomic mass is 35.5. The number of imidazole rings is 1. The molecule has 4 rings (SSSR count). The normalized spacial score (nSPS) is 18.2. The van der Waals surface area contributed by atoms with Gasteiger partial charge in [-0.25, -0.2) is 14.4 Å². The molecule has 0 saturated heterocycles. The van der Waals surface area contributed by atoms with E-state index < -0.39 is 23.2 Å². The van der Waals surface area contributed by atoms with Crippen molar-refractivity contribution >= 4 is 40.7 Å². The van der Waals surface area contributed by atoms with Crippen LogP contribution in [0, 0.1) is 11.2 Å². The molecule has 1 atom stereocenters. The number of halogens is 2. The van der Waals surface area contributed by atoms with E-state index in [0.717, 1.165) is 0 Å². The van der Waals surface area contributed by atoms with Gasteiger partial charge < -0.3 is 15.5 Å². The van der Waals surface area contributed by atoms with Crippen LogP contribution >= 0.6 is 11.6 Å². The molecule has 3 N–H and O–H groups in total. The molecule has 1 unspecified atom stereocenters. The van der Waals surface area contributed by atoms with Crippen molar-refractivity contribution in [3.05, 3.63) is 64.8 Å². The molecule has 3 aromatic rings. The van der Waals surface area contributed by atoms with Gasteiger partial charge >= 0.3 is 0 Å². The minimum absolute atomic E-state index is 0.00604. The van der Waals surface area contributed by atoms with Crippen molar-refractivity contribution in [1.82, 2.24) is 14.3 Å². The second kappa shape index (κ2) is 7.35. The summed E-state index contributed by atoms with van der Waals surface area (Å²) in [5, 5.41) is 3.22. The fraction of sp³-hybridized carbons (Fsp3) is 0.238. The van der Waals surface area contributed by atoms with Gasteiger partial charge in [0.15, 0.2) is 5.96 Å². The number of aromatic nitrogens is 2. The first-order valence-corrected chi connectivity index (χ1v) is 9.82. The summed E-state index contributed by atoms with van der Waals surface area (Å²) in [4.78, 5) is 35.2. The molecule has 160 valence electrons. The van der Waals surface area contributed by atoms with Crippen molar-refractivity contribution < 1.29 is 14.0 Å². The minimum Gasteiger partial charge on any atom is -0.369 e. The number of pyridine rings is 1. The Hall–Kier alpha value is -3.46. The SMILES string of the molecule is CN1C(=O)C(C)(C)C(c2cc(NC(=O)c3cn4cc(Cl)ccc4n3)ccc2F)N=C1N. The van der Waals surface area contributed by atoms with Gasteiger partial charge in [0.1, 0.15) is 17.2 Å². The third-order valence-corrected chi connectivity index (χ3v) is 5.56. The molecular weight excluding hydrogens is 423 g/mol. The van der Waals surface area contributed by atoms with Crippen molar-refractivity contribution in [3.63, 3.8) is 0 Å². The highest BCUT2D eigenvalue weighted by Gasteiger charge is 2.45. The van der Waals surface area contributed by atoms with Crippen molar-refractivity contribution in [1.29, 1.82) is 0 Å². The maximum Gasteiger partial charge on any atom is 0.275 e. The number of rotatable bonds is 3. The molecule has 0 spiro atoms. The molecule has 1 aliphatic rings. The molecule has 0 aliphatic carbocycles. The third kappa shape index (κ3) is 3.61. The Morgan fingerprint density at radius 3 is 2.74 bits per heavy atom. The van der Waals surface area contributed by atoms with Gasteiger partial charge in [-0.1, -0.05) is 11.6 Å². The number of nitrogens with two attached hydrogens (primary N) is 1. The molecule has 1 aromatic carbocycles. The van der Waals surface area contributed by atoms with Crippen LogP contribution in [0.2, 0.25) is 5.02 Å². The first kappa shape index (κ1) is 20.8. The van der Waals surface area contributed by atoms with E-state index in [-0.39, 0.29) is 23.1 Å². The van der Waals surface area contributed by atoms with Gasteiger partial charge in [0.05, 0.1) is 16.5 Å².